The number of para-hydroxylation sites is 1. The molecule has 21 heavy (non-hydrogen) atoms. The molecule has 3 N–H and O–H groups in total. The minimum Gasteiger partial charge on any atom is -0.462 e. The molecule has 1 aromatic carbocycles. The first kappa shape index (κ1) is 17.7. The van der Waals surface area contributed by atoms with Crippen molar-refractivity contribution in [2.75, 3.05) is 12.7 Å². The van der Waals surface area contributed by atoms with Gasteiger partial charge in [-0.15, -0.1) is 0 Å². The number of nitrogens with two attached hydrogens (primary N) is 1. The number of hydrogen-bond donors (Lipinski definition) is 2. The van der Waals surface area contributed by atoms with Crippen molar-refractivity contribution in [1.82, 2.24) is 5.09 Å². The first-order valence-electron chi connectivity index (χ1n) is 6.88. The maximum atomic E-state index is 12.8. The summed E-state index contributed by atoms with van der Waals surface area (Å²) in [5, 5.41) is 2.73. The predicted octanol–water partition coefficient (Wildman–Crippen LogP) is 2.15. The zero-order chi connectivity index (χ0) is 15.9. The van der Waals surface area contributed by atoms with E-state index in [1.807, 2.05) is 6.07 Å². The summed E-state index contributed by atoms with van der Waals surface area (Å²) in [6, 6.07) is 8.03. The van der Waals surface area contributed by atoms with Crippen LogP contribution in [-0.2, 0) is 14.1 Å². The van der Waals surface area contributed by atoms with Crippen LogP contribution >= 0.6 is 7.52 Å². The molecule has 2 atom stereocenters. The molecule has 0 aliphatic rings. The average molecular weight is 314 g/mol. The predicted molar refractivity (Wildman–Crippen MR) is 82.4 cm³/mol. The van der Waals surface area contributed by atoms with E-state index in [-0.39, 0.29) is 18.8 Å². The zero-order valence-corrected chi connectivity index (χ0v) is 13.5. The third-order valence-electron chi connectivity index (χ3n) is 2.52. The molecule has 0 radical (unpaired) electrons. The molecule has 0 saturated heterocycles. The van der Waals surface area contributed by atoms with E-state index in [1.165, 1.54) is 0 Å². The Kier molecular flexibility index (Phi) is 6.89. The number of ether oxygens (including phenoxy) is 1. The van der Waals surface area contributed by atoms with Crippen molar-refractivity contribution in [3.63, 3.8) is 0 Å². The van der Waals surface area contributed by atoms with Gasteiger partial charge in [0.25, 0.3) is 0 Å². The summed E-state index contributed by atoms with van der Waals surface area (Å²) in [6.45, 7) is 5.28. The van der Waals surface area contributed by atoms with Crippen LogP contribution in [0.5, 0.6) is 5.75 Å². The van der Waals surface area contributed by atoms with Gasteiger partial charge in [-0.25, -0.2) is 5.09 Å². The van der Waals surface area contributed by atoms with E-state index in [0.29, 0.717) is 5.75 Å². The SMILES string of the molecule is CC(C)OC(=O)C(C)NP(=O)(CCN)Oc1ccccc1. The molecule has 0 bridgehead atoms. The van der Waals surface area contributed by atoms with Gasteiger partial charge in [-0.05, 0) is 32.9 Å². The number of benzene rings is 1. The molecule has 6 nitrogen and oxygen atoms in total. The van der Waals surface area contributed by atoms with Crippen LogP contribution in [0.4, 0.5) is 0 Å². The first-order valence-corrected chi connectivity index (χ1v) is 8.69. The molecule has 0 aliphatic heterocycles. The topological polar surface area (TPSA) is 90.7 Å². The standard InChI is InChI=1S/C14H23N2O4P/c1-11(2)19-14(17)12(3)16-21(18,10-9-15)20-13-7-5-4-6-8-13/h4-8,11-12H,9-10,15H2,1-3H3,(H,16,18). The Bertz CT molecular complexity index is 493. The van der Waals surface area contributed by atoms with Gasteiger partial charge in [0, 0.05) is 6.54 Å². The van der Waals surface area contributed by atoms with Crippen molar-refractivity contribution in [3.05, 3.63) is 30.3 Å². The lowest BCUT2D eigenvalue weighted by molar-refractivity contribution is -0.149. The molecule has 7 heteroatoms. The van der Waals surface area contributed by atoms with Crippen molar-refractivity contribution in [1.29, 1.82) is 0 Å². The van der Waals surface area contributed by atoms with E-state index in [2.05, 4.69) is 5.09 Å². The highest BCUT2D eigenvalue weighted by Gasteiger charge is 2.29. The Balaban J connectivity index is 2.76. The van der Waals surface area contributed by atoms with Gasteiger partial charge in [-0.1, -0.05) is 18.2 Å². The van der Waals surface area contributed by atoms with E-state index in [1.54, 1.807) is 45.0 Å². The highest BCUT2D eigenvalue weighted by atomic mass is 31.2. The average Bonchev–Trinajstić information content (AvgIpc) is 2.38. The summed E-state index contributed by atoms with van der Waals surface area (Å²) in [7, 11) is -3.27. The fourth-order valence-electron chi connectivity index (χ4n) is 1.64. The fraction of sp³-hybridized carbons (Fsp3) is 0.500. The van der Waals surface area contributed by atoms with E-state index in [4.69, 9.17) is 15.0 Å². The van der Waals surface area contributed by atoms with Gasteiger partial charge in [0.05, 0.1) is 12.3 Å². The smallest absolute Gasteiger partial charge is 0.323 e. The summed E-state index contributed by atoms with van der Waals surface area (Å²) in [6.07, 6.45) is -0.105. The minimum absolute atomic E-state index is 0.126. The second-order valence-corrected chi connectivity index (χ2v) is 7.16. The van der Waals surface area contributed by atoms with E-state index < -0.39 is 19.5 Å². The number of nitrogens with one attached hydrogen (secondary N) is 1. The second kappa shape index (κ2) is 8.17. The number of esters is 1. The molecule has 0 fully saturated rings. The lowest BCUT2D eigenvalue weighted by Gasteiger charge is -2.23. The van der Waals surface area contributed by atoms with E-state index >= 15 is 0 Å². The summed E-state index contributed by atoms with van der Waals surface area (Å²) in [5.74, 6) is -0.00915. The highest BCUT2D eigenvalue weighted by molar-refractivity contribution is 7.57. The second-order valence-electron chi connectivity index (χ2n) is 4.93. The normalized spacial score (nSPS) is 15.3. The Morgan fingerprint density at radius 3 is 2.43 bits per heavy atom. The van der Waals surface area contributed by atoms with Crippen molar-refractivity contribution in [2.24, 2.45) is 5.73 Å². The van der Waals surface area contributed by atoms with Crippen LogP contribution in [0.25, 0.3) is 0 Å². The van der Waals surface area contributed by atoms with Gasteiger partial charge in [0.1, 0.15) is 11.8 Å². The van der Waals surface area contributed by atoms with Gasteiger partial charge < -0.3 is 15.0 Å². The van der Waals surface area contributed by atoms with Gasteiger partial charge in [0.15, 0.2) is 0 Å². The molecule has 0 saturated carbocycles. The van der Waals surface area contributed by atoms with Gasteiger partial charge in [-0.2, -0.15) is 0 Å². The zero-order valence-electron chi connectivity index (χ0n) is 12.6. The molecule has 0 amide bonds. The van der Waals surface area contributed by atoms with Crippen molar-refractivity contribution in [3.8, 4) is 5.75 Å². The van der Waals surface area contributed by atoms with Crippen molar-refractivity contribution in [2.45, 2.75) is 32.9 Å². The number of rotatable bonds is 8. The van der Waals surface area contributed by atoms with Gasteiger partial charge >= 0.3 is 13.5 Å². The summed E-state index contributed by atoms with van der Waals surface area (Å²) >= 11 is 0. The number of carbonyl (C=O) groups is 1. The lowest BCUT2D eigenvalue weighted by Crippen LogP contribution is -2.37. The van der Waals surface area contributed by atoms with Gasteiger partial charge in [-0.3, -0.25) is 9.36 Å². The highest BCUT2D eigenvalue weighted by Crippen LogP contribution is 2.42. The maximum absolute atomic E-state index is 12.8. The molecular weight excluding hydrogens is 291 g/mol. The van der Waals surface area contributed by atoms with Crippen LogP contribution in [0, 0.1) is 0 Å². The molecular formula is C14H23N2O4P. The molecule has 1 rings (SSSR count). The summed E-state index contributed by atoms with van der Waals surface area (Å²) in [5.41, 5.74) is 5.49. The Morgan fingerprint density at radius 2 is 1.90 bits per heavy atom. The minimum atomic E-state index is -3.27. The number of hydrogen-bond acceptors (Lipinski definition) is 5. The molecule has 2 unspecified atom stereocenters. The monoisotopic (exact) mass is 314 g/mol. The summed E-state index contributed by atoms with van der Waals surface area (Å²) in [4.78, 5) is 11.8. The lowest BCUT2D eigenvalue weighted by atomic mass is 10.3. The number of carbonyl (C=O) groups excluding carboxylic acids is 1. The molecule has 118 valence electrons. The van der Waals surface area contributed by atoms with E-state index in [0.717, 1.165) is 0 Å². The van der Waals surface area contributed by atoms with Crippen LogP contribution in [-0.4, -0.2) is 30.8 Å². The molecule has 0 aliphatic carbocycles. The van der Waals surface area contributed by atoms with Crippen LogP contribution in [0.15, 0.2) is 30.3 Å². The van der Waals surface area contributed by atoms with E-state index in [9.17, 15) is 9.36 Å². The van der Waals surface area contributed by atoms with Crippen LogP contribution in [0.3, 0.4) is 0 Å². The third-order valence-corrected chi connectivity index (χ3v) is 4.65. The van der Waals surface area contributed by atoms with Crippen LogP contribution in [0.1, 0.15) is 20.8 Å². The maximum Gasteiger partial charge on any atom is 0.323 e. The first-order chi connectivity index (χ1) is 9.86. The van der Waals surface area contributed by atoms with Crippen molar-refractivity contribution >= 4 is 13.5 Å². The Morgan fingerprint density at radius 1 is 1.29 bits per heavy atom. The van der Waals surface area contributed by atoms with Gasteiger partial charge in [0.2, 0.25) is 0 Å². The summed E-state index contributed by atoms with van der Waals surface area (Å²) < 4.78 is 23.4. The van der Waals surface area contributed by atoms with Crippen LogP contribution in [0.2, 0.25) is 0 Å². The third kappa shape index (κ3) is 6.29. The van der Waals surface area contributed by atoms with Crippen LogP contribution < -0.4 is 15.3 Å². The molecule has 0 aromatic heterocycles. The molecule has 0 heterocycles. The quantitative estimate of drug-likeness (QED) is 0.564. The largest absolute Gasteiger partial charge is 0.462 e. The van der Waals surface area contributed by atoms with Crippen molar-refractivity contribution < 1.29 is 18.6 Å². The molecule has 0 spiro atoms. The Labute approximate surface area is 125 Å². The Hall–Kier alpha value is -1.36. The fourth-order valence-corrected chi connectivity index (χ4v) is 3.41. The molecule has 1 aromatic rings.